The van der Waals surface area contributed by atoms with E-state index in [4.69, 9.17) is 5.73 Å². The third-order valence-corrected chi connectivity index (χ3v) is 3.94. The Labute approximate surface area is 116 Å². The number of nitrogens with zero attached hydrogens (tertiary/aromatic N) is 3. The topological polar surface area (TPSA) is 59.1 Å². The number of rotatable bonds is 5. The highest BCUT2D eigenvalue weighted by Crippen LogP contribution is 2.25. The summed E-state index contributed by atoms with van der Waals surface area (Å²) in [5.41, 5.74) is 7.84. The summed E-state index contributed by atoms with van der Waals surface area (Å²) in [7, 11) is 0. The van der Waals surface area contributed by atoms with Crippen LogP contribution in [0.25, 0.3) is 0 Å². The van der Waals surface area contributed by atoms with E-state index in [2.05, 4.69) is 29.2 Å². The van der Waals surface area contributed by atoms with Crippen molar-refractivity contribution in [1.29, 1.82) is 0 Å². The first-order valence-electron chi connectivity index (χ1n) is 7.47. The molecule has 0 unspecified atom stereocenters. The van der Waals surface area contributed by atoms with Gasteiger partial charge in [0.1, 0.15) is 5.82 Å². The standard InChI is InChI=1S/C14H27N5/c1-4-8-18-9-6-12(7-10-18)16-14-13(15)11(3)17-19(14)5-2/h12,16H,4-10,15H2,1-3H3. The molecular weight excluding hydrogens is 238 g/mol. The van der Waals surface area contributed by atoms with Crippen molar-refractivity contribution in [2.45, 2.75) is 52.6 Å². The second-order valence-corrected chi connectivity index (χ2v) is 5.42. The average Bonchev–Trinajstić information content (AvgIpc) is 2.69. The minimum absolute atomic E-state index is 0.525. The molecule has 0 atom stereocenters. The molecule has 2 heterocycles. The highest BCUT2D eigenvalue weighted by atomic mass is 15.3. The molecule has 108 valence electrons. The van der Waals surface area contributed by atoms with E-state index < -0.39 is 0 Å². The van der Waals surface area contributed by atoms with E-state index in [1.807, 2.05) is 11.6 Å². The van der Waals surface area contributed by atoms with Gasteiger partial charge in [0.05, 0.1) is 11.4 Å². The van der Waals surface area contributed by atoms with Gasteiger partial charge in [-0.3, -0.25) is 0 Å². The van der Waals surface area contributed by atoms with Gasteiger partial charge in [-0.15, -0.1) is 0 Å². The number of nitrogens with one attached hydrogen (secondary N) is 1. The van der Waals surface area contributed by atoms with E-state index in [1.165, 1.54) is 38.9 Å². The largest absolute Gasteiger partial charge is 0.394 e. The number of nitrogen functional groups attached to an aromatic ring is 1. The van der Waals surface area contributed by atoms with Gasteiger partial charge < -0.3 is 16.0 Å². The van der Waals surface area contributed by atoms with Crippen LogP contribution in [0.2, 0.25) is 0 Å². The van der Waals surface area contributed by atoms with Crippen molar-refractivity contribution >= 4 is 11.5 Å². The number of aromatic nitrogens is 2. The predicted molar refractivity (Wildman–Crippen MR) is 80.4 cm³/mol. The minimum atomic E-state index is 0.525. The number of anilines is 2. The first-order valence-corrected chi connectivity index (χ1v) is 7.47. The average molecular weight is 265 g/mol. The summed E-state index contributed by atoms with van der Waals surface area (Å²) in [6, 6.07) is 0.525. The summed E-state index contributed by atoms with van der Waals surface area (Å²) in [6.07, 6.45) is 3.62. The van der Waals surface area contributed by atoms with Gasteiger partial charge in [0, 0.05) is 25.7 Å². The zero-order valence-electron chi connectivity index (χ0n) is 12.4. The molecule has 19 heavy (non-hydrogen) atoms. The van der Waals surface area contributed by atoms with Crippen molar-refractivity contribution in [3.63, 3.8) is 0 Å². The summed E-state index contributed by atoms with van der Waals surface area (Å²) in [5, 5.41) is 8.06. The summed E-state index contributed by atoms with van der Waals surface area (Å²) >= 11 is 0. The lowest BCUT2D eigenvalue weighted by atomic mass is 10.0. The van der Waals surface area contributed by atoms with Gasteiger partial charge in [0.15, 0.2) is 0 Å². The van der Waals surface area contributed by atoms with Crippen LogP contribution >= 0.6 is 0 Å². The van der Waals surface area contributed by atoms with Crippen LogP contribution in [0.5, 0.6) is 0 Å². The van der Waals surface area contributed by atoms with Crippen LogP contribution in [0.1, 0.15) is 38.8 Å². The molecule has 0 spiro atoms. The van der Waals surface area contributed by atoms with E-state index in [0.29, 0.717) is 6.04 Å². The molecule has 1 saturated heterocycles. The number of piperidine rings is 1. The van der Waals surface area contributed by atoms with Crippen LogP contribution in [0, 0.1) is 6.92 Å². The van der Waals surface area contributed by atoms with Crippen LogP contribution in [-0.4, -0.2) is 40.4 Å². The molecule has 5 nitrogen and oxygen atoms in total. The Kier molecular flexibility index (Phi) is 4.69. The molecule has 1 aliphatic heterocycles. The number of likely N-dealkylation sites (tertiary alicyclic amines) is 1. The van der Waals surface area contributed by atoms with Crippen molar-refractivity contribution < 1.29 is 0 Å². The Morgan fingerprint density at radius 2 is 2.00 bits per heavy atom. The number of aryl methyl sites for hydroxylation is 2. The summed E-state index contributed by atoms with van der Waals surface area (Å²) in [4.78, 5) is 2.55. The SMILES string of the molecule is CCCN1CCC(Nc2c(N)c(C)nn2CC)CC1. The van der Waals surface area contributed by atoms with E-state index >= 15 is 0 Å². The molecule has 5 heteroatoms. The zero-order chi connectivity index (χ0) is 13.8. The van der Waals surface area contributed by atoms with Crippen molar-refractivity contribution in [3.05, 3.63) is 5.69 Å². The maximum Gasteiger partial charge on any atom is 0.148 e. The highest BCUT2D eigenvalue weighted by molar-refractivity contribution is 5.65. The van der Waals surface area contributed by atoms with Crippen molar-refractivity contribution in [3.8, 4) is 0 Å². The van der Waals surface area contributed by atoms with E-state index in [1.54, 1.807) is 0 Å². The number of hydrogen-bond donors (Lipinski definition) is 2. The lowest BCUT2D eigenvalue weighted by molar-refractivity contribution is 0.219. The Morgan fingerprint density at radius 1 is 1.32 bits per heavy atom. The second kappa shape index (κ2) is 6.28. The summed E-state index contributed by atoms with van der Waals surface area (Å²) < 4.78 is 1.98. The lowest BCUT2D eigenvalue weighted by Crippen LogP contribution is -2.39. The normalized spacial score (nSPS) is 17.8. The molecule has 0 aliphatic carbocycles. The van der Waals surface area contributed by atoms with Gasteiger partial charge in [-0.2, -0.15) is 5.10 Å². The van der Waals surface area contributed by atoms with Crippen LogP contribution in [0.4, 0.5) is 11.5 Å². The number of hydrogen-bond acceptors (Lipinski definition) is 4. The monoisotopic (exact) mass is 265 g/mol. The Bertz CT molecular complexity index is 404. The summed E-state index contributed by atoms with van der Waals surface area (Å²) in [6.45, 7) is 10.8. The van der Waals surface area contributed by atoms with Crippen LogP contribution in [0.3, 0.4) is 0 Å². The fraction of sp³-hybridized carbons (Fsp3) is 0.786. The fourth-order valence-electron chi connectivity index (χ4n) is 2.79. The molecule has 0 bridgehead atoms. The fourth-order valence-corrected chi connectivity index (χ4v) is 2.79. The minimum Gasteiger partial charge on any atom is -0.394 e. The smallest absolute Gasteiger partial charge is 0.148 e. The Balaban J connectivity index is 1.95. The van der Waals surface area contributed by atoms with Crippen LogP contribution in [0.15, 0.2) is 0 Å². The maximum atomic E-state index is 6.11. The van der Waals surface area contributed by atoms with Crippen molar-refractivity contribution in [1.82, 2.24) is 14.7 Å². The molecule has 1 aromatic rings. The first kappa shape index (κ1) is 14.2. The molecule has 0 saturated carbocycles. The molecule has 2 rings (SSSR count). The first-order chi connectivity index (χ1) is 9.15. The van der Waals surface area contributed by atoms with Crippen molar-refractivity contribution in [2.75, 3.05) is 30.7 Å². The van der Waals surface area contributed by atoms with Gasteiger partial charge in [-0.25, -0.2) is 4.68 Å². The van der Waals surface area contributed by atoms with E-state index in [0.717, 1.165) is 23.7 Å². The van der Waals surface area contributed by atoms with Gasteiger partial charge in [-0.1, -0.05) is 6.92 Å². The Hall–Kier alpha value is -1.23. The molecule has 1 fully saturated rings. The Morgan fingerprint density at radius 3 is 2.58 bits per heavy atom. The van der Waals surface area contributed by atoms with Gasteiger partial charge in [-0.05, 0) is 39.7 Å². The number of nitrogens with two attached hydrogens (primary N) is 1. The van der Waals surface area contributed by atoms with Crippen LogP contribution in [-0.2, 0) is 6.54 Å². The molecule has 0 amide bonds. The predicted octanol–water partition coefficient (Wildman–Crippen LogP) is 2.08. The van der Waals surface area contributed by atoms with E-state index in [-0.39, 0.29) is 0 Å². The highest BCUT2D eigenvalue weighted by Gasteiger charge is 2.21. The molecular formula is C14H27N5. The summed E-state index contributed by atoms with van der Waals surface area (Å²) in [5.74, 6) is 1.01. The van der Waals surface area contributed by atoms with Gasteiger partial charge in [0.2, 0.25) is 0 Å². The molecule has 1 aromatic heterocycles. The third kappa shape index (κ3) is 3.21. The van der Waals surface area contributed by atoms with Gasteiger partial charge >= 0.3 is 0 Å². The second-order valence-electron chi connectivity index (χ2n) is 5.42. The van der Waals surface area contributed by atoms with Crippen LogP contribution < -0.4 is 11.1 Å². The lowest BCUT2D eigenvalue weighted by Gasteiger charge is -2.32. The quantitative estimate of drug-likeness (QED) is 0.856. The third-order valence-electron chi connectivity index (χ3n) is 3.94. The molecule has 1 aliphatic rings. The van der Waals surface area contributed by atoms with E-state index in [9.17, 15) is 0 Å². The molecule has 0 radical (unpaired) electrons. The molecule has 0 aromatic carbocycles. The van der Waals surface area contributed by atoms with Gasteiger partial charge in [0.25, 0.3) is 0 Å². The zero-order valence-corrected chi connectivity index (χ0v) is 12.4. The maximum absolute atomic E-state index is 6.11. The molecule has 3 N–H and O–H groups in total. The van der Waals surface area contributed by atoms with Crippen molar-refractivity contribution in [2.24, 2.45) is 0 Å².